The number of hydrogen-bond acceptors (Lipinski definition) is 5. The van der Waals surface area contributed by atoms with E-state index in [-0.39, 0.29) is 23.0 Å². The Bertz CT molecular complexity index is 781. The summed E-state index contributed by atoms with van der Waals surface area (Å²) in [7, 11) is 0. The molecule has 0 saturated carbocycles. The number of hydrogen-bond donors (Lipinski definition) is 0. The third kappa shape index (κ3) is 3.74. The number of nitrogens with zero attached hydrogens (tertiary/aromatic N) is 2. The van der Waals surface area contributed by atoms with E-state index in [4.69, 9.17) is 14.2 Å². The molecule has 164 valence electrons. The molecule has 3 fully saturated rings. The fourth-order valence-electron chi connectivity index (χ4n) is 5.73. The summed E-state index contributed by atoms with van der Waals surface area (Å²) in [6.07, 6.45) is 3.24. The SMILES string of the molecule is CC1(C)Oc2ccccc2[C@H]2OCC3(CCN(C(=O)CN4CCOCC4)CC3)C[C@@H]21. The maximum absolute atomic E-state index is 12.8. The van der Waals surface area contributed by atoms with Crippen LogP contribution >= 0.6 is 0 Å². The minimum atomic E-state index is -0.254. The number of amides is 1. The second kappa shape index (κ2) is 7.81. The van der Waals surface area contributed by atoms with E-state index in [9.17, 15) is 4.79 Å². The van der Waals surface area contributed by atoms with E-state index >= 15 is 0 Å². The predicted molar refractivity (Wildman–Crippen MR) is 113 cm³/mol. The summed E-state index contributed by atoms with van der Waals surface area (Å²) >= 11 is 0. The van der Waals surface area contributed by atoms with Crippen molar-refractivity contribution in [3.05, 3.63) is 29.8 Å². The lowest BCUT2D eigenvalue weighted by Crippen LogP contribution is -2.55. The van der Waals surface area contributed by atoms with E-state index in [2.05, 4.69) is 41.8 Å². The Hall–Kier alpha value is -1.63. The molecule has 0 radical (unpaired) electrons. The molecule has 1 aromatic rings. The minimum Gasteiger partial charge on any atom is -0.487 e. The van der Waals surface area contributed by atoms with Gasteiger partial charge in [0.25, 0.3) is 0 Å². The molecular formula is C24H34N2O4. The third-order valence-electron chi connectivity index (χ3n) is 7.72. The monoisotopic (exact) mass is 414 g/mol. The maximum atomic E-state index is 12.8. The van der Waals surface area contributed by atoms with Gasteiger partial charge in [0.15, 0.2) is 0 Å². The van der Waals surface area contributed by atoms with E-state index in [1.54, 1.807) is 0 Å². The first kappa shape index (κ1) is 20.3. The predicted octanol–water partition coefficient (Wildman–Crippen LogP) is 2.88. The summed E-state index contributed by atoms with van der Waals surface area (Å²) in [5.41, 5.74) is 1.09. The van der Waals surface area contributed by atoms with Crippen LogP contribution in [0.4, 0.5) is 0 Å². The molecule has 0 aromatic heterocycles. The van der Waals surface area contributed by atoms with Crippen molar-refractivity contribution in [2.24, 2.45) is 11.3 Å². The Morgan fingerprint density at radius 3 is 2.60 bits per heavy atom. The average Bonchev–Trinajstić information content (AvgIpc) is 2.75. The first-order valence-corrected chi connectivity index (χ1v) is 11.4. The Morgan fingerprint density at radius 1 is 1.10 bits per heavy atom. The molecule has 2 atom stereocenters. The highest BCUT2D eigenvalue weighted by atomic mass is 16.5. The van der Waals surface area contributed by atoms with Crippen LogP contribution in [0.1, 0.15) is 44.8 Å². The number of para-hydroxylation sites is 1. The zero-order valence-electron chi connectivity index (χ0n) is 18.3. The van der Waals surface area contributed by atoms with Gasteiger partial charge in [-0.3, -0.25) is 9.69 Å². The van der Waals surface area contributed by atoms with E-state index in [1.165, 1.54) is 5.56 Å². The van der Waals surface area contributed by atoms with Crippen LogP contribution in [0.5, 0.6) is 5.75 Å². The molecule has 30 heavy (non-hydrogen) atoms. The van der Waals surface area contributed by atoms with Crippen LogP contribution in [0.25, 0.3) is 0 Å². The van der Waals surface area contributed by atoms with Crippen LogP contribution < -0.4 is 4.74 Å². The van der Waals surface area contributed by atoms with Gasteiger partial charge in [-0.1, -0.05) is 18.2 Å². The van der Waals surface area contributed by atoms with Gasteiger partial charge in [0.2, 0.25) is 5.91 Å². The van der Waals surface area contributed by atoms with Gasteiger partial charge >= 0.3 is 0 Å². The zero-order valence-corrected chi connectivity index (χ0v) is 18.3. The molecular weight excluding hydrogens is 380 g/mol. The van der Waals surface area contributed by atoms with Crippen LogP contribution in [0.3, 0.4) is 0 Å². The van der Waals surface area contributed by atoms with Gasteiger partial charge in [0.1, 0.15) is 11.4 Å². The zero-order chi connectivity index (χ0) is 20.8. The first-order chi connectivity index (χ1) is 14.5. The van der Waals surface area contributed by atoms with Gasteiger partial charge in [-0.2, -0.15) is 0 Å². The Balaban J connectivity index is 1.23. The van der Waals surface area contributed by atoms with Crippen molar-refractivity contribution in [2.75, 3.05) is 52.5 Å². The van der Waals surface area contributed by atoms with Crippen LogP contribution in [0.15, 0.2) is 24.3 Å². The topological polar surface area (TPSA) is 51.2 Å². The van der Waals surface area contributed by atoms with Crippen molar-refractivity contribution < 1.29 is 19.0 Å². The molecule has 4 aliphatic rings. The van der Waals surface area contributed by atoms with Crippen molar-refractivity contribution in [3.8, 4) is 5.75 Å². The van der Waals surface area contributed by atoms with E-state index in [0.717, 1.165) is 71.0 Å². The number of rotatable bonds is 2. The number of piperidine rings is 1. The van der Waals surface area contributed by atoms with Gasteiger partial charge in [0.05, 0.1) is 32.5 Å². The van der Waals surface area contributed by atoms with Crippen molar-refractivity contribution >= 4 is 5.91 Å². The second-order valence-corrected chi connectivity index (χ2v) is 10.1. The Morgan fingerprint density at radius 2 is 1.83 bits per heavy atom. The average molecular weight is 415 g/mol. The van der Waals surface area contributed by atoms with Gasteiger partial charge < -0.3 is 19.1 Å². The Kier molecular flexibility index (Phi) is 5.28. The van der Waals surface area contributed by atoms with E-state index in [0.29, 0.717) is 12.5 Å². The number of benzene rings is 1. The van der Waals surface area contributed by atoms with Crippen LogP contribution in [-0.4, -0.2) is 73.9 Å². The molecule has 6 heteroatoms. The summed E-state index contributed by atoms with van der Waals surface area (Å²) in [4.78, 5) is 17.1. The fourth-order valence-corrected chi connectivity index (χ4v) is 5.73. The minimum absolute atomic E-state index is 0.108. The van der Waals surface area contributed by atoms with Crippen LogP contribution in [0.2, 0.25) is 0 Å². The van der Waals surface area contributed by atoms with Crippen LogP contribution in [0, 0.1) is 11.3 Å². The van der Waals surface area contributed by atoms with E-state index in [1.807, 2.05) is 6.07 Å². The molecule has 0 N–H and O–H groups in total. The molecule has 1 aromatic carbocycles. The highest BCUT2D eigenvalue weighted by Gasteiger charge is 2.52. The van der Waals surface area contributed by atoms with Gasteiger partial charge in [-0.15, -0.1) is 0 Å². The van der Waals surface area contributed by atoms with Gasteiger partial charge in [-0.05, 0) is 44.6 Å². The first-order valence-electron chi connectivity index (χ1n) is 11.4. The quantitative estimate of drug-likeness (QED) is 0.745. The molecule has 1 spiro atoms. The fraction of sp³-hybridized carbons (Fsp3) is 0.708. The molecule has 5 rings (SSSR count). The summed E-state index contributed by atoms with van der Waals surface area (Å²) in [5, 5.41) is 0. The normalized spacial score (nSPS) is 30.3. The number of ether oxygens (including phenoxy) is 3. The molecule has 0 unspecified atom stereocenters. The highest BCUT2D eigenvalue weighted by Crippen LogP contribution is 2.55. The molecule has 4 aliphatic heterocycles. The Labute approximate surface area is 179 Å². The summed E-state index contributed by atoms with van der Waals surface area (Å²) in [6.45, 7) is 10.6. The molecule has 1 amide bonds. The number of likely N-dealkylation sites (tertiary alicyclic amines) is 1. The largest absolute Gasteiger partial charge is 0.487 e. The lowest BCUT2D eigenvalue weighted by molar-refractivity contribution is -0.176. The van der Waals surface area contributed by atoms with Crippen molar-refractivity contribution in [1.29, 1.82) is 0 Å². The van der Waals surface area contributed by atoms with Gasteiger partial charge in [-0.25, -0.2) is 0 Å². The van der Waals surface area contributed by atoms with E-state index < -0.39 is 0 Å². The van der Waals surface area contributed by atoms with Crippen LogP contribution in [-0.2, 0) is 14.3 Å². The van der Waals surface area contributed by atoms with Crippen molar-refractivity contribution in [2.45, 2.75) is 44.8 Å². The summed E-state index contributed by atoms with van der Waals surface area (Å²) in [6, 6.07) is 8.31. The molecule has 6 nitrogen and oxygen atoms in total. The lowest BCUT2D eigenvalue weighted by atomic mass is 9.64. The standard InChI is InChI=1S/C24H34N2O4/c1-23(2)19-15-24(17-29-22(19)18-5-3-4-6-20(18)30-23)7-9-26(10-8-24)21(27)16-25-11-13-28-14-12-25/h3-6,19,22H,7-17H2,1-2H3/t19-,22+/m0/s1. The smallest absolute Gasteiger partial charge is 0.236 e. The van der Waals surface area contributed by atoms with Crippen molar-refractivity contribution in [3.63, 3.8) is 0 Å². The third-order valence-corrected chi connectivity index (χ3v) is 7.72. The number of carbonyl (C=O) groups excluding carboxylic acids is 1. The van der Waals surface area contributed by atoms with Gasteiger partial charge in [0, 0.05) is 37.7 Å². The molecule has 0 aliphatic carbocycles. The maximum Gasteiger partial charge on any atom is 0.236 e. The second-order valence-electron chi connectivity index (χ2n) is 10.1. The molecule has 4 heterocycles. The van der Waals surface area contributed by atoms with Crippen molar-refractivity contribution in [1.82, 2.24) is 9.80 Å². The highest BCUT2D eigenvalue weighted by molar-refractivity contribution is 5.78. The molecule has 0 bridgehead atoms. The molecule has 3 saturated heterocycles. The lowest BCUT2D eigenvalue weighted by Gasteiger charge is -2.54. The summed E-state index contributed by atoms with van der Waals surface area (Å²) < 4.78 is 18.3. The summed E-state index contributed by atoms with van der Waals surface area (Å²) in [5.74, 6) is 1.55. The number of morpholine rings is 1. The number of carbonyl (C=O) groups is 1. The number of fused-ring (bicyclic) bond motifs is 3.